The molecule has 0 aromatic heterocycles. The Kier molecular flexibility index (Phi) is 6.11. The van der Waals surface area contributed by atoms with Gasteiger partial charge in [-0.25, -0.2) is 17.5 Å². The van der Waals surface area contributed by atoms with Crippen LogP contribution in [0.25, 0.3) is 0 Å². The number of hydrogen-bond acceptors (Lipinski definition) is 5. The summed E-state index contributed by atoms with van der Waals surface area (Å²) in [7, 11) is 0.227. The van der Waals surface area contributed by atoms with E-state index in [2.05, 4.69) is 5.32 Å². The summed E-state index contributed by atoms with van der Waals surface area (Å²) in [6.45, 7) is 1.62. The molecule has 1 aromatic carbocycles. The molecule has 1 aromatic rings. The molecule has 128 valence electrons. The third-order valence-electron chi connectivity index (χ3n) is 3.20. The van der Waals surface area contributed by atoms with Gasteiger partial charge >= 0.3 is 5.97 Å². The van der Waals surface area contributed by atoms with Crippen LogP contribution in [-0.2, 0) is 14.8 Å². The second-order valence-electron chi connectivity index (χ2n) is 4.93. The smallest absolute Gasteiger partial charge is 0.326 e. The second-order valence-corrected chi connectivity index (χ2v) is 7.05. The molecule has 0 aliphatic carbocycles. The van der Waals surface area contributed by atoms with Gasteiger partial charge in [0.25, 0.3) is 5.91 Å². The van der Waals surface area contributed by atoms with E-state index in [0.29, 0.717) is 0 Å². The van der Waals surface area contributed by atoms with Crippen LogP contribution in [0.2, 0.25) is 0 Å². The van der Waals surface area contributed by atoms with Gasteiger partial charge in [-0.1, -0.05) is 6.92 Å². The first-order chi connectivity index (χ1) is 10.6. The number of benzene rings is 1. The molecule has 1 rings (SSSR count). The van der Waals surface area contributed by atoms with Crippen molar-refractivity contribution in [3.63, 3.8) is 0 Å². The monoisotopic (exact) mass is 344 g/mol. The molecule has 1 unspecified atom stereocenters. The molecule has 0 radical (unpaired) electrons. The second kappa shape index (κ2) is 7.42. The molecule has 0 saturated heterocycles. The number of rotatable bonds is 7. The number of carbonyl (C=O) groups is 2. The third kappa shape index (κ3) is 4.20. The van der Waals surface area contributed by atoms with Crippen molar-refractivity contribution in [1.29, 1.82) is 0 Å². The normalized spacial score (nSPS) is 12.7. The molecule has 2 N–H and O–H groups in total. The fraction of sp³-hybridized carbons (Fsp3) is 0.429. The minimum atomic E-state index is -3.81. The molecule has 1 atom stereocenters. The SMILES string of the molecule is CCC(NC(=O)c1ccc(OC)c(S(=O)(=O)N(C)C)c1)C(=O)O. The van der Waals surface area contributed by atoms with Gasteiger partial charge in [-0.2, -0.15) is 0 Å². The van der Waals surface area contributed by atoms with E-state index in [4.69, 9.17) is 9.84 Å². The van der Waals surface area contributed by atoms with E-state index < -0.39 is 27.9 Å². The van der Waals surface area contributed by atoms with Crippen LogP contribution in [0.5, 0.6) is 5.75 Å². The van der Waals surface area contributed by atoms with Crippen molar-refractivity contribution in [2.75, 3.05) is 21.2 Å². The Balaban J connectivity index is 3.26. The van der Waals surface area contributed by atoms with Crippen molar-refractivity contribution in [2.24, 2.45) is 0 Å². The number of nitrogens with zero attached hydrogens (tertiary/aromatic N) is 1. The highest BCUT2D eigenvalue weighted by atomic mass is 32.2. The number of carboxylic acid groups (broad SMARTS) is 1. The molecule has 0 bridgehead atoms. The maximum Gasteiger partial charge on any atom is 0.326 e. The zero-order valence-electron chi connectivity index (χ0n) is 13.4. The molecule has 1 amide bonds. The van der Waals surface area contributed by atoms with Gasteiger partial charge < -0.3 is 15.2 Å². The van der Waals surface area contributed by atoms with Crippen LogP contribution in [0.3, 0.4) is 0 Å². The van der Waals surface area contributed by atoms with Crippen molar-refractivity contribution < 1.29 is 27.9 Å². The fourth-order valence-corrected chi connectivity index (χ4v) is 2.87. The molecule has 0 fully saturated rings. The average Bonchev–Trinajstić information content (AvgIpc) is 2.51. The Bertz CT molecular complexity index is 699. The number of nitrogens with one attached hydrogen (secondary N) is 1. The van der Waals surface area contributed by atoms with Crippen LogP contribution in [0.1, 0.15) is 23.7 Å². The van der Waals surface area contributed by atoms with Gasteiger partial charge in [0.15, 0.2) is 0 Å². The summed E-state index contributed by atoms with van der Waals surface area (Å²) in [6.07, 6.45) is 0.208. The summed E-state index contributed by atoms with van der Waals surface area (Å²) in [5.41, 5.74) is 0.0333. The summed E-state index contributed by atoms with van der Waals surface area (Å²) in [5, 5.41) is 11.3. The minimum absolute atomic E-state index is 0.0333. The van der Waals surface area contributed by atoms with Crippen LogP contribution < -0.4 is 10.1 Å². The van der Waals surface area contributed by atoms with Gasteiger partial charge in [-0.3, -0.25) is 4.79 Å². The highest BCUT2D eigenvalue weighted by Crippen LogP contribution is 2.26. The molecular weight excluding hydrogens is 324 g/mol. The standard InChI is InChI=1S/C14H20N2O6S/c1-5-10(14(18)19)15-13(17)9-6-7-11(22-4)12(8-9)23(20,21)16(2)3/h6-8,10H,5H2,1-4H3,(H,15,17)(H,18,19). The number of carbonyl (C=O) groups excluding carboxylic acids is 1. The van der Waals surface area contributed by atoms with E-state index in [1.54, 1.807) is 6.92 Å². The van der Waals surface area contributed by atoms with Gasteiger partial charge in [0, 0.05) is 19.7 Å². The maximum atomic E-state index is 12.3. The van der Waals surface area contributed by atoms with E-state index in [-0.39, 0.29) is 22.6 Å². The molecule has 8 nitrogen and oxygen atoms in total. The third-order valence-corrected chi connectivity index (χ3v) is 5.03. The van der Waals surface area contributed by atoms with Gasteiger partial charge in [-0.05, 0) is 24.6 Å². The minimum Gasteiger partial charge on any atom is -0.495 e. The summed E-state index contributed by atoms with van der Waals surface area (Å²) >= 11 is 0. The molecule has 23 heavy (non-hydrogen) atoms. The first kappa shape index (κ1) is 18.9. The lowest BCUT2D eigenvalue weighted by Gasteiger charge is -2.16. The predicted octanol–water partition coefficient (Wildman–Crippen LogP) is 0.538. The zero-order chi connectivity index (χ0) is 17.8. The highest BCUT2D eigenvalue weighted by molar-refractivity contribution is 7.89. The predicted molar refractivity (Wildman–Crippen MR) is 83.0 cm³/mol. The highest BCUT2D eigenvalue weighted by Gasteiger charge is 2.25. The Labute approximate surface area is 135 Å². The van der Waals surface area contributed by atoms with Crippen LogP contribution >= 0.6 is 0 Å². The summed E-state index contributed by atoms with van der Waals surface area (Å²) < 4.78 is 30.6. The average molecular weight is 344 g/mol. The Morgan fingerprint density at radius 2 is 1.96 bits per heavy atom. The van der Waals surface area contributed by atoms with E-state index in [9.17, 15) is 18.0 Å². The largest absolute Gasteiger partial charge is 0.495 e. The first-order valence-electron chi connectivity index (χ1n) is 6.79. The number of sulfonamides is 1. The topological polar surface area (TPSA) is 113 Å². The van der Waals surface area contributed by atoms with Crippen LogP contribution in [0.4, 0.5) is 0 Å². The number of aliphatic carboxylic acids is 1. The van der Waals surface area contributed by atoms with E-state index in [1.807, 2.05) is 0 Å². The van der Waals surface area contributed by atoms with Crippen LogP contribution in [0.15, 0.2) is 23.1 Å². The first-order valence-corrected chi connectivity index (χ1v) is 8.23. The van der Waals surface area contributed by atoms with Gasteiger partial charge in [0.05, 0.1) is 7.11 Å². The number of hydrogen-bond donors (Lipinski definition) is 2. The van der Waals surface area contributed by atoms with Crippen molar-refractivity contribution >= 4 is 21.9 Å². The Morgan fingerprint density at radius 3 is 2.39 bits per heavy atom. The van der Waals surface area contributed by atoms with Crippen molar-refractivity contribution in [3.05, 3.63) is 23.8 Å². The number of ether oxygens (including phenoxy) is 1. The molecule has 0 aliphatic heterocycles. The molecule has 0 spiro atoms. The number of amides is 1. The lowest BCUT2D eigenvalue weighted by atomic mass is 10.1. The Hall–Kier alpha value is -2.13. The maximum absolute atomic E-state index is 12.3. The van der Waals surface area contributed by atoms with Crippen molar-refractivity contribution in [3.8, 4) is 5.75 Å². The number of carboxylic acids is 1. The summed E-state index contributed by atoms with van der Waals surface area (Å²) in [4.78, 5) is 23.0. The lowest BCUT2D eigenvalue weighted by Crippen LogP contribution is -2.40. The molecule has 9 heteroatoms. The Morgan fingerprint density at radius 1 is 1.35 bits per heavy atom. The van der Waals surface area contributed by atoms with E-state index >= 15 is 0 Å². The fourth-order valence-electron chi connectivity index (χ4n) is 1.80. The molecule has 0 aliphatic rings. The number of methoxy groups -OCH3 is 1. The van der Waals surface area contributed by atoms with Crippen LogP contribution in [-0.4, -0.2) is 57.0 Å². The van der Waals surface area contributed by atoms with E-state index in [0.717, 1.165) is 10.4 Å². The van der Waals surface area contributed by atoms with E-state index in [1.165, 1.54) is 33.3 Å². The summed E-state index contributed by atoms with van der Waals surface area (Å²) in [6, 6.07) is 2.85. The lowest BCUT2D eigenvalue weighted by molar-refractivity contribution is -0.139. The van der Waals surface area contributed by atoms with Crippen molar-refractivity contribution in [1.82, 2.24) is 9.62 Å². The molecule has 0 heterocycles. The van der Waals surface area contributed by atoms with Gasteiger partial charge in [0.2, 0.25) is 10.0 Å². The molecular formula is C14H20N2O6S. The van der Waals surface area contributed by atoms with Crippen LogP contribution in [0, 0.1) is 0 Å². The quantitative estimate of drug-likeness (QED) is 0.746. The van der Waals surface area contributed by atoms with Crippen molar-refractivity contribution in [2.45, 2.75) is 24.3 Å². The van der Waals surface area contributed by atoms with Gasteiger partial charge in [0.1, 0.15) is 16.7 Å². The zero-order valence-corrected chi connectivity index (χ0v) is 14.2. The molecule has 0 saturated carbocycles. The van der Waals surface area contributed by atoms with Gasteiger partial charge in [-0.15, -0.1) is 0 Å². The summed E-state index contributed by atoms with van der Waals surface area (Å²) in [5.74, 6) is -1.73.